The number of hydrogen-bond donors (Lipinski definition) is 2. The molecule has 0 saturated carbocycles. The van der Waals surface area contributed by atoms with Crippen molar-refractivity contribution in [2.75, 3.05) is 0 Å². The predicted molar refractivity (Wildman–Crippen MR) is 134 cm³/mol. The second-order valence-corrected chi connectivity index (χ2v) is 8.38. The molecule has 0 fully saturated rings. The molecule has 0 aliphatic heterocycles. The Morgan fingerprint density at radius 2 is 1.04 bits per heavy atom. The molecule has 0 saturated heterocycles. The van der Waals surface area contributed by atoms with Crippen LogP contribution in [-0.2, 0) is 26.8 Å². The maximum atomic E-state index is 12.4. The van der Waals surface area contributed by atoms with E-state index < -0.39 is 54.8 Å². The molecule has 0 aromatic heterocycles. The van der Waals surface area contributed by atoms with Gasteiger partial charge in [-0.1, -0.05) is 73.8 Å². The summed E-state index contributed by atoms with van der Waals surface area (Å²) in [6.45, 7) is 6.25. The Morgan fingerprint density at radius 1 is 0.717 bits per heavy atom. The third kappa shape index (κ3) is 12.5. The molecule has 20 heteroatoms. The van der Waals surface area contributed by atoms with Gasteiger partial charge in [-0.2, -0.15) is 52.7 Å². The smallest absolute Gasteiger partial charge is 0.870 e. The Bertz CT molecular complexity index is 1210. The first kappa shape index (κ1) is 47.8. The molecular weight excluding hydrogens is 695 g/mol. The Kier molecular flexibility index (Phi) is 19.4. The molecular formula is C26H21ClF12NaO6-. The fourth-order valence-electron chi connectivity index (χ4n) is 2.41. The zero-order valence-corrected chi connectivity index (χ0v) is 25.8. The van der Waals surface area contributed by atoms with Crippen LogP contribution in [0, 0.1) is 0 Å². The summed E-state index contributed by atoms with van der Waals surface area (Å²) >= 11 is 5.60. The van der Waals surface area contributed by atoms with Crippen molar-refractivity contribution in [1.82, 2.24) is 0 Å². The van der Waals surface area contributed by atoms with Gasteiger partial charge >= 0.3 is 65.8 Å². The van der Waals surface area contributed by atoms with Gasteiger partial charge in [-0.05, 0) is 22.3 Å². The van der Waals surface area contributed by atoms with Crippen LogP contribution in [0.3, 0.4) is 0 Å². The van der Waals surface area contributed by atoms with E-state index in [1.54, 1.807) is 0 Å². The Morgan fingerprint density at radius 3 is 1.26 bits per heavy atom. The average Bonchev–Trinajstić information content (AvgIpc) is 2.93. The number of benzene rings is 2. The molecule has 2 aromatic carbocycles. The standard InChI is InChI=1S/C13H10F6O3.C9H9Cl.C4HF6O2.Na.H2O/c1-2-8-3-5-9(6-4-8)7-22-10(20)11(21,12(14,15)16)13(17,18)19;1-2-8-3-5-9(7-10)6-4-8;5-3(6,7)2(12,1-11)4(8,9)10;;/h2-6,21H,1,7H2;2-6H,1,7H2;12H;;1H2/q;;-1;+1;/p-1. The molecule has 0 spiro atoms. The van der Waals surface area contributed by atoms with Crippen molar-refractivity contribution < 1.29 is 112 Å². The third-order valence-electron chi connectivity index (χ3n) is 5.04. The van der Waals surface area contributed by atoms with Crippen molar-refractivity contribution >= 4 is 36.0 Å². The van der Waals surface area contributed by atoms with E-state index in [1.165, 1.54) is 30.3 Å². The van der Waals surface area contributed by atoms with Crippen LogP contribution < -0.4 is 29.6 Å². The van der Waals surface area contributed by atoms with Crippen molar-refractivity contribution in [3.8, 4) is 0 Å². The summed E-state index contributed by atoms with van der Waals surface area (Å²) in [5, 5.41) is 16.6. The van der Waals surface area contributed by atoms with E-state index >= 15 is 0 Å². The SMILES string of the molecule is C=Cc1ccc(CCl)cc1.C=Cc1ccc(COC(=O)C(O)(C(F)(F)F)C(F)(F)F)cc1.O=[C-]C(O)(C(F)(F)F)C(F)(F)F.[Na+].[OH-]. The Labute approximate surface area is 279 Å². The van der Waals surface area contributed by atoms with Gasteiger partial charge in [0.05, 0.1) is 0 Å². The molecule has 0 bridgehead atoms. The van der Waals surface area contributed by atoms with E-state index in [9.17, 15) is 62.3 Å². The van der Waals surface area contributed by atoms with Crippen molar-refractivity contribution in [2.24, 2.45) is 0 Å². The second kappa shape index (κ2) is 18.7. The Hall–Kier alpha value is -2.61. The largest absolute Gasteiger partial charge is 1.00 e. The molecule has 0 amide bonds. The van der Waals surface area contributed by atoms with E-state index in [-0.39, 0.29) is 40.6 Å². The van der Waals surface area contributed by atoms with Crippen LogP contribution in [0.25, 0.3) is 12.2 Å². The molecule has 254 valence electrons. The van der Waals surface area contributed by atoms with Gasteiger partial charge in [0.15, 0.2) is 5.60 Å². The second-order valence-electron chi connectivity index (χ2n) is 8.12. The zero-order valence-electron chi connectivity index (χ0n) is 23.1. The molecule has 6 nitrogen and oxygen atoms in total. The maximum absolute atomic E-state index is 12.4. The predicted octanol–water partition coefficient (Wildman–Crippen LogP) is 4.08. The average molecular weight is 716 g/mol. The van der Waals surface area contributed by atoms with Crippen LogP contribution >= 0.6 is 11.6 Å². The molecule has 0 heterocycles. The summed E-state index contributed by atoms with van der Waals surface area (Å²) < 4.78 is 147. The van der Waals surface area contributed by atoms with Crippen molar-refractivity contribution in [3.05, 3.63) is 83.9 Å². The molecule has 2 aromatic rings. The van der Waals surface area contributed by atoms with Gasteiger partial charge in [0.25, 0.3) is 0 Å². The number of hydrogen-bond acceptors (Lipinski definition) is 6. The van der Waals surface area contributed by atoms with Crippen LogP contribution in [0.1, 0.15) is 22.3 Å². The summed E-state index contributed by atoms with van der Waals surface area (Å²) in [4.78, 5) is 20.4. The summed E-state index contributed by atoms with van der Waals surface area (Å²) in [5.41, 5.74) is -7.88. The normalized spacial score (nSPS) is 12.0. The maximum Gasteiger partial charge on any atom is 1.00 e. The number of alkyl halides is 13. The molecule has 0 radical (unpaired) electrons. The van der Waals surface area contributed by atoms with Gasteiger partial charge in [0, 0.05) is 5.88 Å². The number of rotatable bonds is 7. The summed E-state index contributed by atoms with van der Waals surface area (Å²) in [6, 6.07) is 13.6. The van der Waals surface area contributed by atoms with Crippen molar-refractivity contribution in [1.29, 1.82) is 0 Å². The van der Waals surface area contributed by atoms with Crippen molar-refractivity contribution in [2.45, 2.75) is 48.4 Å². The number of halogens is 13. The van der Waals surface area contributed by atoms with Crippen LogP contribution in [0.5, 0.6) is 0 Å². The molecule has 0 aliphatic carbocycles. The number of esters is 1. The van der Waals surface area contributed by atoms with E-state index in [0.29, 0.717) is 11.4 Å². The van der Waals surface area contributed by atoms with E-state index in [2.05, 4.69) is 17.9 Å². The Balaban J connectivity index is -0.000000653. The fraction of sp³-hybridized carbons (Fsp3) is 0.308. The molecule has 2 rings (SSSR count). The minimum atomic E-state index is -6.25. The number of aliphatic hydroxyl groups is 2. The van der Waals surface area contributed by atoms with Crippen molar-refractivity contribution in [3.63, 3.8) is 0 Å². The zero-order chi connectivity index (χ0) is 34.8. The first-order valence-electron chi connectivity index (χ1n) is 11.1. The number of carbonyl (C=O) groups is 1. The summed E-state index contributed by atoms with van der Waals surface area (Å²) in [5.74, 6) is -2.25. The van der Waals surface area contributed by atoms with E-state index in [4.69, 9.17) is 21.8 Å². The third-order valence-corrected chi connectivity index (χ3v) is 5.35. The number of carbonyl (C=O) groups excluding carboxylic acids is 2. The fourth-order valence-corrected chi connectivity index (χ4v) is 2.59. The van der Waals surface area contributed by atoms with Gasteiger partial charge in [-0.15, -0.1) is 11.6 Å². The van der Waals surface area contributed by atoms with E-state index in [1.807, 2.05) is 30.3 Å². The topological polar surface area (TPSA) is 114 Å². The molecule has 3 N–H and O–H groups in total. The molecule has 0 aliphatic rings. The van der Waals surface area contributed by atoms with Gasteiger partial charge < -0.3 is 25.2 Å². The minimum Gasteiger partial charge on any atom is -0.870 e. The minimum absolute atomic E-state index is 0. The monoisotopic (exact) mass is 715 g/mol. The van der Waals surface area contributed by atoms with E-state index in [0.717, 1.165) is 11.1 Å². The van der Waals surface area contributed by atoms with Crippen LogP contribution in [0.15, 0.2) is 61.7 Å². The summed E-state index contributed by atoms with van der Waals surface area (Å²) in [6.07, 6.45) is -21.9. The first-order valence-corrected chi connectivity index (χ1v) is 11.7. The molecule has 46 heavy (non-hydrogen) atoms. The van der Waals surface area contributed by atoms with Crippen LogP contribution in [0.2, 0.25) is 0 Å². The van der Waals surface area contributed by atoms with Gasteiger partial charge in [-0.25, -0.2) is 11.1 Å². The van der Waals surface area contributed by atoms with Gasteiger partial charge in [0.1, 0.15) is 6.61 Å². The number of ether oxygens (including phenoxy) is 1. The molecule has 0 atom stereocenters. The molecule has 0 unspecified atom stereocenters. The summed E-state index contributed by atoms with van der Waals surface area (Å²) in [7, 11) is 0. The van der Waals surface area contributed by atoms with Gasteiger partial charge in [-0.3, -0.25) is 0 Å². The van der Waals surface area contributed by atoms with Gasteiger partial charge in [0.2, 0.25) is 0 Å². The quantitative estimate of drug-likeness (QED) is 0.147. The van der Waals surface area contributed by atoms with Crippen LogP contribution in [-0.4, -0.2) is 63.9 Å². The first-order chi connectivity index (χ1) is 19.9. The van der Waals surface area contributed by atoms with Crippen LogP contribution in [0.4, 0.5) is 52.7 Å².